The third-order valence-corrected chi connectivity index (χ3v) is 5.75. The highest BCUT2D eigenvalue weighted by molar-refractivity contribution is 7.07. The van der Waals surface area contributed by atoms with E-state index in [4.69, 9.17) is 4.74 Å². The lowest BCUT2D eigenvalue weighted by molar-refractivity contribution is -0.115. The fraction of sp³-hybridized carbons (Fsp3) is 0.208. The summed E-state index contributed by atoms with van der Waals surface area (Å²) in [5.74, 6) is -0.537. The number of ether oxygens (including phenoxy) is 1. The normalized spacial score (nSPS) is 12.4. The molecule has 0 saturated heterocycles. The van der Waals surface area contributed by atoms with Crippen LogP contribution in [0.5, 0.6) is 0 Å². The number of thiazole rings is 1. The molecule has 1 N–H and O–H groups in total. The second-order valence-electron chi connectivity index (χ2n) is 6.99. The van der Waals surface area contributed by atoms with Crippen molar-refractivity contribution in [1.82, 2.24) is 9.88 Å². The molecule has 0 fully saturated rings. The van der Waals surface area contributed by atoms with Gasteiger partial charge in [0.25, 0.3) is 11.5 Å². The lowest BCUT2D eigenvalue weighted by Crippen LogP contribution is -2.35. The van der Waals surface area contributed by atoms with Crippen LogP contribution in [0.1, 0.15) is 16.7 Å². The number of nitrogens with one attached hydrogen (secondary N) is 1. The van der Waals surface area contributed by atoms with Gasteiger partial charge < -0.3 is 10.1 Å². The maximum absolute atomic E-state index is 13.4. The number of amides is 1. The highest BCUT2D eigenvalue weighted by Gasteiger charge is 2.17. The Bertz CT molecular complexity index is 1310. The minimum absolute atomic E-state index is 0.106. The average molecular weight is 434 g/mol. The van der Waals surface area contributed by atoms with Gasteiger partial charge in [0.1, 0.15) is 10.7 Å². The van der Waals surface area contributed by atoms with Crippen molar-refractivity contribution in [2.75, 3.05) is 20.3 Å². The van der Waals surface area contributed by atoms with Gasteiger partial charge in [-0.25, -0.2) is 0 Å². The number of benzene rings is 2. The molecule has 0 aliphatic rings. The largest absolute Gasteiger partial charge is 0.383 e. The molecule has 0 saturated carbocycles. The molecule has 31 heavy (non-hydrogen) atoms. The molecule has 0 unspecified atom stereocenters. The standard InChI is InChI=1S/C24H23N3O3S/c1-16-9-10-20(17(2)13-16)27-23(29)21(14-18-7-5-4-6-8-18)31-24(27)19(15-25)22(28)26-11-12-30-3/h4-10,13-14H,11-12H2,1-3H3,(H,26,28)/b21-14-,24-19-. The number of nitriles is 1. The Kier molecular flexibility index (Phi) is 7.19. The van der Waals surface area contributed by atoms with Crippen molar-refractivity contribution in [2.45, 2.75) is 13.8 Å². The van der Waals surface area contributed by atoms with Crippen molar-refractivity contribution in [2.24, 2.45) is 0 Å². The van der Waals surface area contributed by atoms with Crippen molar-refractivity contribution in [3.63, 3.8) is 0 Å². The Morgan fingerprint density at radius 1 is 1.23 bits per heavy atom. The molecule has 0 aliphatic carbocycles. The molecule has 1 aromatic heterocycles. The summed E-state index contributed by atoms with van der Waals surface area (Å²) in [4.78, 5) is 26.1. The van der Waals surface area contributed by atoms with E-state index in [1.807, 2.05) is 68.4 Å². The summed E-state index contributed by atoms with van der Waals surface area (Å²) in [6, 6.07) is 17.2. The summed E-state index contributed by atoms with van der Waals surface area (Å²) in [5.41, 5.74) is 3.07. The van der Waals surface area contributed by atoms with Gasteiger partial charge in [-0.3, -0.25) is 14.2 Å². The molecule has 3 rings (SSSR count). The lowest BCUT2D eigenvalue weighted by Gasteiger charge is -2.09. The highest BCUT2D eigenvalue weighted by Crippen LogP contribution is 2.13. The van der Waals surface area contributed by atoms with Crippen LogP contribution in [0.4, 0.5) is 0 Å². The van der Waals surface area contributed by atoms with Gasteiger partial charge in [0.05, 0.1) is 16.8 Å². The number of carbonyl (C=O) groups is 1. The predicted octanol–water partition coefficient (Wildman–Crippen LogP) is 1.78. The van der Waals surface area contributed by atoms with Crippen LogP contribution in [0.2, 0.25) is 0 Å². The smallest absolute Gasteiger partial charge is 0.273 e. The molecular weight excluding hydrogens is 410 g/mol. The molecule has 2 aromatic carbocycles. The summed E-state index contributed by atoms with van der Waals surface area (Å²) in [5, 5.41) is 12.5. The first-order valence-electron chi connectivity index (χ1n) is 9.74. The zero-order valence-corrected chi connectivity index (χ0v) is 18.5. The van der Waals surface area contributed by atoms with Gasteiger partial charge >= 0.3 is 0 Å². The predicted molar refractivity (Wildman–Crippen MR) is 123 cm³/mol. The summed E-state index contributed by atoms with van der Waals surface area (Å²) in [6.45, 7) is 4.47. The molecule has 6 nitrogen and oxygen atoms in total. The van der Waals surface area contributed by atoms with Crippen molar-refractivity contribution in [3.8, 4) is 11.8 Å². The van der Waals surface area contributed by atoms with E-state index >= 15 is 0 Å². The van der Waals surface area contributed by atoms with Gasteiger partial charge in [-0.1, -0.05) is 48.0 Å². The zero-order chi connectivity index (χ0) is 22.4. The summed E-state index contributed by atoms with van der Waals surface area (Å²) < 4.78 is 7.16. The highest BCUT2D eigenvalue weighted by atomic mass is 32.1. The van der Waals surface area contributed by atoms with Crippen LogP contribution in [-0.4, -0.2) is 30.7 Å². The van der Waals surface area contributed by atoms with E-state index in [0.717, 1.165) is 28.0 Å². The number of aromatic nitrogens is 1. The molecular formula is C24H23N3O3S. The van der Waals surface area contributed by atoms with Gasteiger partial charge in [0.2, 0.25) is 0 Å². The van der Waals surface area contributed by atoms with E-state index < -0.39 is 5.91 Å². The second kappa shape index (κ2) is 10.0. The van der Waals surface area contributed by atoms with E-state index in [2.05, 4.69) is 5.32 Å². The minimum atomic E-state index is -0.537. The number of carbonyl (C=O) groups excluding carboxylic acids is 1. The first kappa shape index (κ1) is 22.2. The lowest BCUT2D eigenvalue weighted by atomic mass is 10.1. The number of rotatable bonds is 6. The van der Waals surface area contributed by atoms with Crippen LogP contribution in [0.25, 0.3) is 17.3 Å². The van der Waals surface area contributed by atoms with Crippen molar-refractivity contribution >= 4 is 28.9 Å². The summed E-state index contributed by atoms with van der Waals surface area (Å²) >= 11 is 1.13. The van der Waals surface area contributed by atoms with Crippen molar-refractivity contribution < 1.29 is 9.53 Å². The van der Waals surface area contributed by atoms with Gasteiger partial charge in [-0.05, 0) is 37.1 Å². The fourth-order valence-electron chi connectivity index (χ4n) is 3.18. The fourth-order valence-corrected chi connectivity index (χ4v) is 4.27. The summed E-state index contributed by atoms with van der Waals surface area (Å²) in [7, 11) is 1.53. The molecule has 3 aromatic rings. The topological polar surface area (TPSA) is 84.1 Å². The zero-order valence-electron chi connectivity index (χ0n) is 17.6. The van der Waals surface area contributed by atoms with Gasteiger partial charge in [-0.15, -0.1) is 11.3 Å². The molecule has 1 heterocycles. The van der Waals surface area contributed by atoms with Crippen LogP contribution in [-0.2, 0) is 9.53 Å². The number of hydrogen-bond donors (Lipinski definition) is 1. The monoisotopic (exact) mass is 433 g/mol. The Hall–Kier alpha value is -3.47. The Labute approximate surface area is 184 Å². The Balaban J connectivity index is 2.32. The van der Waals surface area contributed by atoms with Crippen LogP contribution in [0, 0.1) is 25.2 Å². The molecule has 1 amide bonds. The van der Waals surface area contributed by atoms with Gasteiger partial charge in [-0.2, -0.15) is 5.26 Å². The number of nitrogens with zero attached hydrogens (tertiary/aromatic N) is 2. The number of methoxy groups -OCH3 is 1. The van der Waals surface area contributed by atoms with Crippen LogP contribution in [0.15, 0.2) is 53.3 Å². The SMILES string of the molecule is COCCNC(=O)/C(C#N)=c1\s/c(=C\c2ccccc2)c(=O)n1-c1ccc(C)cc1C. The quantitative estimate of drug-likeness (QED) is 0.601. The van der Waals surface area contributed by atoms with Crippen molar-refractivity contribution in [3.05, 3.63) is 84.8 Å². The minimum Gasteiger partial charge on any atom is -0.383 e. The van der Waals surface area contributed by atoms with E-state index in [9.17, 15) is 14.9 Å². The van der Waals surface area contributed by atoms with Crippen LogP contribution < -0.4 is 20.1 Å². The van der Waals surface area contributed by atoms with Crippen LogP contribution >= 0.6 is 11.3 Å². The maximum atomic E-state index is 13.4. The maximum Gasteiger partial charge on any atom is 0.273 e. The molecule has 158 valence electrons. The van der Waals surface area contributed by atoms with Gasteiger partial charge in [0.15, 0.2) is 5.57 Å². The first-order chi connectivity index (χ1) is 15.0. The first-order valence-corrected chi connectivity index (χ1v) is 10.6. The molecule has 0 bridgehead atoms. The third kappa shape index (κ3) is 5.00. The number of hydrogen-bond acceptors (Lipinski definition) is 5. The van der Waals surface area contributed by atoms with Crippen LogP contribution in [0.3, 0.4) is 0 Å². The molecule has 0 radical (unpaired) electrons. The molecule has 0 atom stereocenters. The average Bonchev–Trinajstić information content (AvgIpc) is 3.05. The molecule has 0 spiro atoms. The van der Waals surface area contributed by atoms with E-state index in [1.54, 1.807) is 6.08 Å². The second-order valence-corrected chi connectivity index (χ2v) is 8.02. The van der Waals surface area contributed by atoms with E-state index in [0.29, 0.717) is 21.5 Å². The van der Waals surface area contributed by atoms with E-state index in [1.165, 1.54) is 11.7 Å². The molecule has 7 heteroatoms. The van der Waals surface area contributed by atoms with E-state index in [-0.39, 0.29) is 17.7 Å². The molecule has 0 aliphatic heterocycles. The van der Waals surface area contributed by atoms with Gasteiger partial charge in [0, 0.05) is 13.7 Å². The number of aryl methyl sites for hydroxylation is 2. The Morgan fingerprint density at radius 2 is 1.97 bits per heavy atom. The summed E-state index contributed by atoms with van der Waals surface area (Å²) in [6.07, 6.45) is 1.77. The Morgan fingerprint density at radius 3 is 2.61 bits per heavy atom. The van der Waals surface area contributed by atoms with Crippen molar-refractivity contribution in [1.29, 1.82) is 5.26 Å². The third-order valence-electron chi connectivity index (χ3n) is 4.66.